The number of hydrogen-bond acceptors (Lipinski definition) is 2. The third-order valence-electron chi connectivity index (χ3n) is 0.928. The molecule has 2 nitrogen and oxygen atoms in total. The summed E-state index contributed by atoms with van der Waals surface area (Å²) in [6, 6.07) is -1.41. The van der Waals surface area contributed by atoms with Crippen LogP contribution in [0.1, 0.15) is 6.92 Å². The molecule has 10 heavy (non-hydrogen) atoms. The highest BCUT2D eigenvalue weighted by atomic mass is 19.3. The van der Waals surface area contributed by atoms with Crippen molar-refractivity contribution >= 4 is 0 Å². The maximum atomic E-state index is 11.7. The molecule has 0 aliphatic carbocycles. The lowest BCUT2D eigenvalue weighted by Crippen LogP contribution is -2.26. The Bertz CT molecular complexity index is 112. The van der Waals surface area contributed by atoms with Crippen molar-refractivity contribution in [2.45, 2.75) is 25.4 Å². The molecule has 4 heteroatoms. The summed E-state index contributed by atoms with van der Waals surface area (Å²) in [6.07, 6.45) is 0.168. The number of nitrogens with two attached hydrogens (primary N) is 2. The van der Waals surface area contributed by atoms with Crippen LogP contribution in [0.2, 0.25) is 0 Å². The molecule has 0 aliphatic rings. The summed E-state index contributed by atoms with van der Waals surface area (Å²) in [7, 11) is 0. The highest BCUT2D eigenvalue weighted by molar-refractivity contribution is 4.96. The molecule has 0 aromatic carbocycles. The van der Waals surface area contributed by atoms with Crippen molar-refractivity contribution in [3.8, 4) is 0 Å². The first kappa shape index (κ1) is 9.52. The molecule has 0 fully saturated rings. The van der Waals surface area contributed by atoms with Crippen LogP contribution >= 0.6 is 0 Å². The molecule has 0 amide bonds. The predicted octanol–water partition coefficient (Wildman–Crippen LogP) is 0.482. The van der Waals surface area contributed by atoms with Gasteiger partial charge in [-0.3, -0.25) is 0 Å². The fraction of sp³-hybridized carbons (Fsp3) is 0.667. The van der Waals surface area contributed by atoms with Crippen LogP contribution in [-0.2, 0) is 0 Å². The van der Waals surface area contributed by atoms with Crippen molar-refractivity contribution in [2.75, 3.05) is 0 Å². The molecule has 60 valence electrons. The van der Waals surface area contributed by atoms with Crippen LogP contribution < -0.4 is 11.5 Å². The van der Waals surface area contributed by atoms with E-state index in [1.807, 2.05) is 0 Å². The third-order valence-corrected chi connectivity index (χ3v) is 0.928. The lowest BCUT2D eigenvalue weighted by atomic mass is 10.2. The second-order valence-corrected chi connectivity index (χ2v) is 2.16. The highest BCUT2D eigenvalue weighted by Crippen LogP contribution is 1.98. The average molecular weight is 150 g/mol. The Labute approximate surface area is 58.9 Å². The molecule has 2 atom stereocenters. The molecule has 4 N–H and O–H groups in total. The molecule has 0 saturated carbocycles. The van der Waals surface area contributed by atoms with Gasteiger partial charge in [-0.25, -0.2) is 8.78 Å². The Morgan fingerprint density at radius 1 is 1.20 bits per heavy atom. The van der Waals surface area contributed by atoms with Crippen LogP contribution in [0.5, 0.6) is 0 Å². The number of alkyl halides is 2. The van der Waals surface area contributed by atoms with Gasteiger partial charge < -0.3 is 11.5 Å². The Hall–Kier alpha value is -0.480. The van der Waals surface area contributed by atoms with Gasteiger partial charge in [0.25, 0.3) is 6.43 Å². The zero-order chi connectivity index (χ0) is 8.15. The Morgan fingerprint density at radius 2 is 1.70 bits per heavy atom. The Morgan fingerprint density at radius 3 is 2.00 bits per heavy atom. The second-order valence-electron chi connectivity index (χ2n) is 2.16. The molecule has 0 rings (SSSR count). The number of rotatable bonds is 3. The minimum atomic E-state index is -2.50. The minimum absolute atomic E-state index is 0.218. The van der Waals surface area contributed by atoms with Gasteiger partial charge in [0.1, 0.15) is 0 Å². The van der Waals surface area contributed by atoms with Crippen LogP contribution in [0.3, 0.4) is 0 Å². The van der Waals surface area contributed by atoms with Gasteiger partial charge >= 0.3 is 0 Å². The fourth-order valence-electron chi connectivity index (χ4n) is 0.388. The van der Waals surface area contributed by atoms with E-state index in [0.29, 0.717) is 0 Å². The summed E-state index contributed by atoms with van der Waals surface area (Å²) in [5, 5.41) is 0. The number of hydrogen-bond donors (Lipinski definition) is 2. The zero-order valence-corrected chi connectivity index (χ0v) is 5.80. The second kappa shape index (κ2) is 4.35. The van der Waals surface area contributed by atoms with Crippen molar-refractivity contribution in [3.05, 3.63) is 12.2 Å². The van der Waals surface area contributed by atoms with E-state index in [-0.39, 0.29) is 6.04 Å². The molecule has 0 radical (unpaired) electrons. The quantitative estimate of drug-likeness (QED) is 0.575. The first-order valence-corrected chi connectivity index (χ1v) is 3.01. The van der Waals surface area contributed by atoms with Gasteiger partial charge in [0.2, 0.25) is 0 Å². The SMILES string of the molecule is CC(N)/C=C/C(N)C(F)F. The topological polar surface area (TPSA) is 52.0 Å². The molecule has 0 bridgehead atoms. The maximum Gasteiger partial charge on any atom is 0.256 e. The third kappa shape index (κ3) is 4.40. The average Bonchev–Trinajstić information content (AvgIpc) is 1.82. The molecule has 0 aliphatic heterocycles. The normalized spacial score (nSPS) is 18.2. The van der Waals surface area contributed by atoms with Crippen molar-refractivity contribution in [2.24, 2.45) is 11.5 Å². The summed E-state index contributed by atoms with van der Waals surface area (Å²) in [5.74, 6) is 0. The Kier molecular flexibility index (Phi) is 4.14. The summed E-state index contributed by atoms with van der Waals surface area (Å²) >= 11 is 0. The van der Waals surface area contributed by atoms with Gasteiger partial charge in [0, 0.05) is 6.04 Å². The summed E-state index contributed by atoms with van der Waals surface area (Å²) in [5.41, 5.74) is 10.2. The monoisotopic (exact) mass is 150 g/mol. The van der Waals surface area contributed by atoms with Crippen LogP contribution in [0, 0.1) is 0 Å². The molecular formula is C6H12F2N2. The molecule has 0 aromatic rings. The number of halogens is 2. The van der Waals surface area contributed by atoms with Crippen molar-refractivity contribution in [3.63, 3.8) is 0 Å². The van der Waals surface area contributed by atoms with E-state index >= 15 is 0 Å². The predicted molar refractivity (Wildman–Crippen MR) is 36.8 cm³/mol. The van der Waals surface area contributed by atoms with E-state index in [9.17, 15) is 8.78 Å². The Balaban J connectivity index is 3.66. The van der Waals surface area contributed by atoms with E-state index in [2.05, 4.69) is 0 Å². The summed E-state index contributed by atoms with van der Waals surface area (Å²) in [6.45, 7) is 1.69. The van der Waals surface area contributed by atoms with Gasteiger partial charge in [0.15, 0.2) is 0 Å². The van der Waals surface area contributed by atoms with Crippen LogP contribution in [0.15, 0.2) is 12.2 Å². The van der Waals surface area contributed by atoms with E-state index < -0.39 is 12.5 Å². The van der Waals surface area contributed by atoms with E-state index in [1.165, 1.54) is 12.2 Å². The maximum absolute atomic E-state index is 11.7. The molecule has 0 spiro atoms. The van der Waals surface area contributed by atoms with Crippen LogP contribution in [-0.4, -0.2) is 18.5 Å². The van der Waals surface area contributed by atoms with Crippen molar-refractivity contribution < 1.29 is 8.78 Å². The molecule has 0 heterocycles. The lowest BCUT2D eigenvalue weighted by Gasteiger charge is -2.03. The minimum Gasteiger partial charge on any atom is -0.325 e. The molecule has 0 aromatic heterocycles. The van der Waals surface area contributed by atoms with E-state index in [0.717, 1.165) is 0 Å². The first-order chi connectivity index (χ1) is 4.54. The summed E-state index contributed by atoms with van der Waals surface area (Å²) in [4.78, 5) is 0. The zero-order valence-electron chi connectivity index (χ0n) is 5.80. The first-order valence-electron chi connectivity index (χ1n) is 3.01. The van der Waals surface area contributed by atoms with Crippen LogP contribution in [0.4, 0.5) is 8.78 Å². The van der Waals surface area contributed by atoms with Gasteiger partial charge in [0.05, 0.1) is 6.04 Å². The largest absolute Gasteiger partial charge is 0.325 e. The van der Waals surface area contributed by atoms with Crippen LogP contribution in [0.25, 0.3) is 0 Å². The lowest BCUT2D eigenvalue weighted by molar-refractivity contribution is 0.133. The van der Waals surface area contributed by atoms with Gasteiger partial charge in [-0.15, -0.1) is 0 Å². The smallest absolute Gasteiger partial charge is 0.256 e. The molecule has 0 saturated heterocycles. The van der Waals surface area contributed by atoms with Crippen molar-refractivity contribution in [1.82, 2.24) is 0 Å². The van der Waals surface area contributed by atoms with E-state index in [1.54, 1.807) is 6.92 Å². The summed E-state index contributed by atoms with van der Waals surface area (Å²) < 4.78 is 23.3. The van der Waals surface area contributed by atoms with Gasteiger partial charge in [-0.05, 0) is 6.92 Å². The fourth-order valence-corrected chi connectivity index (χ4v) is 0.388. The molecular weight excluding hydrogens is 138 g/mol. The van der Waals surface area contributed by atoms with Gasteiger partial charge in [-0.2, -0.15) is 0 Å². The van der Waals surface area contributed by atoms with Crippen molar-refractivity contribution in [1.29, 1.82) is 0 Å². The molecule has 2 unspecified atom stereocenters. The van der Waals surface area contributed by atoms with Gasteiger partial charge in [-0.1, -0.05) is 12.2 Å². The van der Waals surface area contributed by atoms with E-state index in [4.69, 9.17) is 11.5 Å². The highest BCUT2D eigenvalue weighted by Gasteiger charge is 2.10. The standard InChI is InChI=1S/C6H12F2N2/c1-4(9)2-3-5(10)6(7)8/h2-6H,9-10H2,1H3/b3-2+.